The van der Waals surface area contributed by atoms with Crippen LogP contribution in [-0.4, -0.2) is 69.2 Å². The van der Waals surface area contributed by atoms with Crippen LogP contribution in [0.5, 0.6) is 5.75 Å². The Morgan fingerprint density at radius 3 is 2.52 bits per heavy atom. The quantitative estimate of drug-likeness (QED) is 0.780. The van der Waals surface area contributed by atoms with E-state index in [2.05, 4.69) is 27.3 Å². The third kappa shape index (κ3) is 4.14. The van der Waals surface area contributed by atoms with Gasteiger partial charge in [0.15, 0.2) is 5.82 Å². The fourth-order valence-corrected chi connectivity index (χ4v) is 2.95. The van der Waals surface area contributed by atoms with E-state index in [4.69, 9.17) is 4.74 Å². The van der Waals surface area contributed by atoms with E-state index in [0.29, 0.717) is 18.7 Å². The Morgan fingerprint density at radius 1 is 1.16 bits per heavy atom. The van der Waals surface area contributed by atoms with Gasteiger partial charge < -0.3 is 9.64 Å². The summed E-state index contributed by atoms with van der Waals surface area (Å²) in [6, 6.07) is 7.26. The third-order valence-electron chi connectivity index (χ3n) is 4.40. The smallest absolute Gasteiger partial charge is 0.253 e. The Labute approximate surface area is 147 Å². The first-order chi connectivity index (χ1) is 12.2. The predicted molar refractivity (Wildman–Crippen MR) is 92.3 cm³/mol. The summed E-state index contributed by atoms with van der Waals surface area (Å²) in [5, 5.41) is 11.9. The number of nitrogens with zero attached hydrogens (tertiary/aromatic N) is 6. The highest BCUT2D eigenvalue weighted by molar-refractivity contribution is 5.94. The summed E-state index contributed by atoms with van der Waals surface area (Å²) in [6.07, 6.45) is 1.00. The molecule has 134 valence electrons. The molecule has 1 aromatic carbocycles. The van der Waals surface area contributed by atoms with E-state index < -0.39 is 0 Å². The Balaban J connectivity index is 1.54. The van der Waals surface area contributed by atoms with Crippen LogP contribution in [0.4, 0.5) is 0 Å². The number of piperazine rings is 1. The molecule has 8 nitrogen and oxygen atoms in total. The summed E-state index contributed by atoms with van der Waals surface area (Å²) < 4.78 is 6.99. The van der Waals surface area contributed by atoms with E-state index in [1.165, 1.54) is 0 Å². The van der Waals surface area contributed by atoms with E-state index in [1.807, 2.05) is 33.8 Å². The monoisotopic (exact) mass is 344 g/mol. The molecule has 0 radical (unpaired) electrons. The molecule has 1 aliphatic rings. The van der Waals surface area contributed by atoms with Crippen LogP contribution in [0.2, 0.25) is 0 Å². The second kappa shape index (κ2) is 8.06. The lowest BCUT2D eigenvalue weighted by Crippen LogP contribution is -2.48. The van der Waals surface area contributed by atoms with Crippen molar-refractivity contribution >= 4 is 5.91 Å². The van der Waals surface area contributed by atoms with Crippen LogP contribution < -0.4 is 4.74 Å². The fraction of sp³-hybridized carbons (Fsp3) is 0.529. The van der Waals surface area contributed by atoms with E-state index in [-0.39, 0.29) is 5.91 Å². The second-order valence-electron chi connectivity index (χ2n) is 6.12. The van der Waals surface area contributed by atoms with E-state index in [1.54, 1.807) is 7.11 Å². The van der Waals surface area contributed by atoms with Crippen LogP contribution >= 0.6 is 0 Å². The molecule has 1 amide bonds. The zero-order valence-corrected chi connectivity index (χ0v) is 14.8. The molecule has 2 aromatic rings. The number of hydrogen-bond donors (Lipinski definition) is 0. The number of rotatable bonds is 6. The van der Waals surface area contributed by atoms with E-state index in [0.717, 1.165) is 44.2 Å². The van der Waals surface area contributed by atoms with Gasteiger partial charge in [0.2, 0.25) is 0 Å². The van der Waals surface area contributed by atoms with E-state index in [9.17, 15) is 4.79 Å². The number of carbonyl (C=O) groups excluding carboxylic acids is 1. The molecule has 0 atom stereocenters. The number of hydrogen-bond acceptors (Lipinski definition) is 6. The molecule has 1 aliphatic heterocycles. The van der Waals surface area contributed by atoms with Crippen LogP contribution in [0.15, 0.2) is 24.3 Å². The minimum absolute atomic E-state index is 0.0677. The van der Waals surface area contributed by atoms with Crippen LogP contribution in [-0.2, 0) is 13.1 Å². The van der Waals surface area contributed by atoms with Gasteiger partial charge in [-0.15, -0.1) is 5.10 Å². The molecule has 0 saturated carbocycles. The lowest BCUT2D eigenvalue weighted by molar-refractivity contribution is 0.0623. The first-order valence-electron chi connectivity index (χ1n) is 8.62. The van der Waals surface area contributed by atoms with Crippen molar-refractivity contribution in [1.29, 1.82) is 0 Å². The summed E-state index contributed by atoms with van der Waals surface area (Å²) >= 11 is 0. The molecule has 25 heavy (non-hydrogen) atoms. The molecule has 0 spiro atoms. The number of aromatic nitrogens is 4. The van der Waals surface area contributed by atoms with Crippen molar-refractivity contribution in [3.63, 3.8) is 0 Å². The molecule has 2 heterocycles. The van der Waals surface area contributed by atoms with Gasteiger partial charge in [0.05, 0.1) is 13.7 Å². The lowest BCUT2D eigenvalue weighted by Gasteiger charge is -2.34. The van der Waals surface area contributed by atoms with Crippen LogP contribution in [0.25, 0.3) is 0 Å². The number of carbonyl (C=O) groups is 1. The average Bonchev–Trinajstić information content (AvgIpc) is 3.09. The van der Waals surface area contributed by atoms with Crippen molar-refractivity contribution in [2.75, 3.05) is 33.3 Å². The summed E-state index contributed by atoms with van der Waals surface area (Å²) in [6.45, 7) is 6.72. The molecule has 0 N–H and O–H groups in total. The van der Waals surface area contributed by atoms with Crippen molar-refractivity contribution < 1.29 is 9.53 Å². The van der Waals surface area contributed by atoms with Gasteiger partial charge in [0.25, 0.3) is 5.91 Å². The van der Waals surface area contributed by atoms with Gasteiger partial charge in [-0.05, 0) is 41.1 Å². The number of methoxy groups -OCH3 is 1. The largest absolute Gasteiger partial charge is 0.497 e. The minimum atomic E-state index is 0.0677. The van der Waals surface area contributed by atoms with E-state index >= 15 is 0 Å². The SMILES string of the molecule is CCCn1nnnc1CN1CCN(C(=O)c2ccc(OC)cc2)CC1. The van der Waals surface area contributed by atoms with Crippen LogP contribution in [0.1, 0.15) is 29.5 Å². The van der Waals surface area contributed by atoms with Crippen molar-refractivity contribution in [2.45, 2.75) is 26.4 Å². The summed E-state index contributed by atoms with van der Waals surface area (Å²) in [5.41, 5.74) is 0.695. The highest BCUT2D eigenvalue weighted by atomic mass is 16.5. The molecule has 1 aromatic heterocycles. The fourth-order valence-electron chi connectivity index (χ4n) is 2.95. The van der Waals surface area contributed by atoms with Gasteiger partial charge in [0, 0.05) is 38.3 Å². The Hall–Kier alpha value is -2.48. The summed E-state index contributed by atoms with van der Waals surface area (Å²) in [5.74, 6) is 1.71. The Morgan fingerprint density at radius 2 is 1.88 bits per heavy atom. The highest BCUT2D eigenvalue weighted by Gasteiger charge is 2.23. The van der Waals surface area contributed by atoms with Gasteiger partial charge in [-0.1, -0.05) is 6.92 Å². The van der Waals surface area contributed by atoms with Crippen molar-refractivity contribution in [1.82, 2.24) is 30.0 Å². The van der Waals surface area contributed by atoms with Crippen molar-refractivity contribution in [2.24, 2.45) is 0 Å². The first kappa shape index (κ1) is 17.3. The zero-order chi connectivity index (χ0) is 17.6. The molecule has 0 unspecified atom stereocenters. The number of aryl methyl sites for hydroxylation is 1. The maximum atomic E-state index is 12.6. The number of benzene rings is 1. The molecule has 1 fully saturated rings. The maximum absolute atomic E-state index is 12.6. The number of amides is 1. The van der Waals surface area contributed by atoms with Gasteiger partial charge in [0.1, 0.15) is 5.75 Å². The molecular formula is C17H24N6O2. The lowest BCUT2D eigenvalue weighted by atomic mass is 10.1. The molecular weight excluding hydrogens is 320 g/mol. The van der Waals surface area contributed by atoms with Gasteiger partial charge in [-0.25, -0.2) is 4.68 Å². The predicted octanol–water partition coefficient (Wildman–Crippen LogP) is 1.05. The zero-order valence-electron chi connectivity index (χ0n) is 14.8. The number of tetrazole rings is 1. The van der Waals surface area contributed by atoms with Crippen LogP contribution in [0, 0.1) is 0 Å². The standard InChI is InChI=1S/C17H24N6O2/c1-3-8-23-16(18-19-20-23)13-21-9-11-22(12-10-21)17(24)14-4-6-15(25-2)7-5-14/h4-7H,3,8-13H2,1-2H3. The maximum Gasteiger partial charge on any atom is 0.253 e. The number of ether oxygens (including phenoxy) is 1. The Kier molecular flexibility index (Phi) is 5.60. The van der Waals surface area contributed by atoms with Crippen molar-refractivity contribution in [3.05, 3.63) is 35.7 Å². The molecule has 3 rings (SSSR count). The summed E-state index contributed by atoms with van der Waals surface area (Å²) in [7, 11) is 1.62. The van der Waals surface area contributed by atoms with Gasteiger partial charge in [-0.2, -0.15) is 0 Å². The minimum Gasteiger partial charge on any atom is -0.497 e. The Bertz CT molecular complexity index is 691. The van der Waals surface area contributed by atoms with Crippen LogP contribution in [0.3, 0.4) is 0 Å². The van der Waals surface area contributed by atoms with Gasteiger partial charge in [-0.3, -0.25) is 9.69 Å². The topological polar surface area (TPSA) is 76.4 Å². The molecule has 0 aliphatic carbocycles. The van der Waals surface area contributed by atoms with Gasteiger partial charge >= 0.3 is 0 Å². The average molecular weight is 344 g/mol. The third-order valence-corrected chi connectivity index (χ3v) is 4.40. The molecule has 1 saturated heterocycles. The summed E-state index contributed by atoms with van der Waals surface area (Å²) in [4.78, 5) is 16.8. The molecule has 8 heteroatoms. The second-order valence-corrected chi connectivity index (χ2v) is 6.12. The van der Waals surface area contributed by atoms with Crippen molar-refractivity contribution in [3.8, 4) is 5.75 Å². The highest BCUT2D eigenvalue weighted by Crippen LogP contribution is 2.15. The first-order valence-corrected chi connectivity index (χ1v) is 8.62. The molecule has 0 bridgehead atoms. The normalized spacial score (nSPS) is 15.4.